The summed E-state index contributed by atoms with van der Waals surface area (Å²) < 4.78 is 3.36. The number of benzene rings is 3. The van der Waals surface area contributed by atoms with Gasteiger partial charge in [0.2, 0.25) is 0 Å². The zero-order valence-electron chi connectivity index (χ0n) is 20.7. The van der Waals surface area contributed by atoms with Gasteiger partial charge in [0.25, 0.3) is 0 Å². The Balaban J connectivity index is 0.000000152. The van der Waals surface area contributed by atoms with Gasteiger partial charge in [-0.1, -0.05) is 0 Å². The molecule has 0 unspecified atom stereocenters. The van der Waals surface area contributed by atoms with Crippen molar-refractivity contribution in [1.29, 1.82) is 0 Å². The maximum atomic E-state index is 4.31. The third-order valence-corrected chi connectivity index (χ3v) is 7.93. The second-order valence-corrected chi connectivity index (χ2v) is 11.1. The number of hydrogen-bond donors (Lipinski definition) is 0. The summed E-state index contributed by atoms with van der Waals surface area (Å²) in [6.07, 6.45) is 5.54. The first-order valence-electron chi connectivity index (χ1n) is 11.4. The van der Waals surface area contributed by atoms with Crippen LogP contribution >= 0.6 is 0 Å². The van der Waals surface area contributed by atoms with Gasteiger partial charge in [-0.3, -0.25) is 0 Å². The van der Waals surface area contributed by atoms with Crippen LogP contribution in [-0.4, -0.2) is 87.4 Å². The Kier molecular flexibility index (Phi) is 11.2. The molecule has 0 amide bonds. The van der Waals surface area contributed by atoms with Gasteiger partial charge in [-0.2, -0.15) is 0 Å². The van der Waals surface area contributed by atoms with Crippen molar-refractivity contribution < 1.29 is 0 Å². The first-order chi connectivity index (χ1) is 17.4. The average molecular weight is 785 g/mol. The Morgan fingerprint density at radius 2 is 0.703 bits per heavy atom. The Morgan fingerprint density at radius 1 is 0.432 bits per heavy atom. The van der Waals surface area contributed by atoms with Crippen LogP contribution in [0.25, 0.3) is 32.7 Å². The normalized spacial score (nSPS) is 10.1. The molecule has 3 nitrogen and oxygen atoms in total. The van der Waals surface area contributed by atoms with Gasteiger partial charge in [-0.25, -0.2) is 0 Å². The van der Waals surface area contributed by atoms with E-state index in [-0.39, 0.29) is 24.4 Å². The number of fused-ring (bicyclic) bond motifs is 3. The summed E-state index contributed by atoms with van der Waals surface area (Å²) >= 11 is 9.03. The van der Waals surface area contributed by atoms with Crippen molar-refractivity contribution in [3.8, 4) is 0 Å². The average Bonchev–Trinajstić information content (AvgIpc) is 2.87. The summed E-state index contributed by atoms with van der Waals surface area (Å²) in [4.78, 5) is 12.9. The summed E-state index contributed by atoms with van der Waals surface area (Å²) in [6.45, 7) is 6.30. The second-order valence-electron chi connectivity index (χ2n) is 8.34. The standard InChI is InChI=1S/3C10H8NSe.Sb/c3*1-7-5-6-11-10-8(7)3-2-4-9(10)12;/h3*2-6H,1H3;. The molecule has 0 saturated carbocycles. The molecule has 3 aromatic heterocycles. The van der Waals surface area contributed by atoms with Crippen LogP contribution in [0.3, 0.4) is 0 Å². The fourth-order valence-corrected chi connectivity index (χ4v) is 5.38. The predicted octanol–water partition coefficient (Wildman–Crippen LogP) is 3.63. The van der Waals surface area contributed by atoms with Crippen LogP contribution in [0.2, 0.25) is 0 Å². The SMILES string of the molecule is Cc1ccnc2c([Se])cccc12.Cc1ccnc2c([Se])cccc12.Cc1ccnc2c([Se])cccc12.[Sb]. The van der Waals surface area contributed by atoms with Crippen LogP contribution in [0.5, 0.6) is 0 Å². The van der Waals surface area contributed by atoms with Crippen LogP contribution in [-0.2, 0) is 0 Å². The molecule has 6 rings (SSSR count). The number of aryl methyl sites for hydroxylation is 3. The number of nitrogens with zero attached hydrogens (tertiary/aromatic N) is 3. The van der Waals surface area contributed by atoms with E-state index >= 15 is 0 Å². The van der Waals surface area contributed by atoms with E-state index in [4.69, 9.17) is 0 Å². The molecular weight excluding hydrogens is 761 g/mol. The van der Waals surface area contributed by atoms with E-state index < -0.39 is 0 Å². The molecule has 0 atom stereocenters. The minimum atomic E-state index is 0. The molecule has 7 heteroatoms. The van der Waals surface area contributed by atoms with Crippen molar-refractivity contribution in [2.45, 2.75) is 20.8 Å². The maximum Gasteiger partial charge on any atom is 0 e. The van der Waals surface area contributed by atoms with Crippen molar-refractivity contribution in [3.63, 3.8) is 0 Å². The molecule has 0 fully saturated rings. The Bertz CT molecular complexity index is 1350. The van der Waals surface area contributed by atoms with Crippen LogP contribution < -0.4 is 13.4 Å². The summed E-state index contributed by atoms with van der Waals surface area (Å²) in [5.41, 5.74) is 7.03. The smallest absolute Gasteiger partial charge is 0 e. The van der Waals surface area contributed by atoms with E-state index in [0.717, 1.165) is 29.9 Å². The van der Waals surface area contributed by atoms with Crippen LogP contribution in [0.4, 0.5) is 0 Å². The largest absolute Gasteiger partial charge is 0 e. The van der Waals surface area contributed by atoms with Crippen molar-refractivity contribution in [2.24, 2.45) is 0 Å². The molecule has 3 heterocycles. The summed E-state index contributed by atoms with van der Waals surface area (Å²) in [5, 5.41) is 3.69. The number of hydrogen-bond acceptors (Lipinski definition) is 3. The minimum absolute atomic E-state index is 0. The molecule has 182 valence electrons. The molecule has 3 aromatic carbocycles. The van der Waals surface area contributed by atoms with Gasteiger partial charge in [0.05, 0.1) is 0 Å². The van der Waals surface area contributed by atoms with E-state index in [9.17, 15) is 0 Å². The van der Waals surface area contributed by atoms with Gasteiger partial charge in [0.15, 0.2) is 0 Å². The second kappa shape index (κ2) is 13.9. The zero-order valence-corrected chi connectivity index (χ0v) is 28.4. The summed E-state index contributed by atoms with van der Waals surface area (Å²) in [7, 11) is 0. The summed E-state index contributed by atoms with van der Waals surface area (Å²) in [5.74, 6) is 0. The molecule has 0 bridgehead atoms. The van der Waals surface area contributed by atoms with Crippen molar-refractivity contribution in [3.05, 3.63) is 108 Å². The predicted molar refractivity (Wildman–Crippen MR) is 161 cm³/mol. The van der Waals surface area contributed by atoms with Gasteiger partial charge < -0.3 is 0 Å². The Morgan fingerprint density at radius 3 is 0.946 bits per heavy atom. The van der Waals surface area contributed by atoms with Gasteiger partial charge >= 0.3 is 238 Å². The number of aromatic nitrogens is 3. The minimum Gasteiger partial charge on any atom is 0 e. The molecule has 0 saturated heterocycles. The van der Waals surface area contributed by atoms with E-state index in [1.165, 1.54) is 32.8 Å². The molecule has 37 heavy (non-hydrogen) atoms. The fraction of sp³-hybridized carbons (Fsp3) is 0.100. The van der Waals surface area contributed by atoms with Gasteiger partial charge in [-0.15, -0.1) is 0 Å². The van der Waals surface area contributed by atoms with Crippen molar-refractivity contribution in [2.75, 3.05) is 0 Å². The maximum absolute atomic E-state index is 4.31. The molecular formula is C30H24N3SbSe3. The molecule has 0 spiro atoms. The monoisotopic (exact) mass is 787 g/mol. The summed E-state index contributed by atoms with van der Waals surface area (Å²) in [6, 6.07) is 24.6. The van der Waals surface area contributed by atoms with Gasteiger partial charge in [-0.05, 0) is 0 Å². The van der Waals surface area contributed by atoms with Crippen LogP contribution in [0, 0.1) is 20.8 Å². The molecule has 6 radical (unpaired) electrons. The van der Waals surface area contributed by atoms with Gasteiger partial charge in [0, 0.05) is 24.4 Å². The van der Waals surface area contributed by atoms with E-state index in [1.807, 2.05) is 73.2 Å². The number of para-hydroxylation sites is 3. The molecule has 6 aromatic rings. The molecule has 0 aliphatic heterocycles. The molecule has 0 N–H and O–H groups in total. The Labute approximate surface area is 260 Å². The number of rotatable bonds is 0. The van der Waals surface area contributed by atoms with Crippen molar-refractivity contribution >= 4 is 119 Å². The van der Waals surface area contributed by atoms with E-state index in [0.29, 0.717) is 0 Å². The van der Waals surface area contributed by atoms with E-state index in [1.54, 1.807) is 0 Å². The zero-order chi connectivity index (χ0) is 25.7. The van der Waals surface area contributed by atoms with Gasteiger partial charge in [0.1, 0.15) is 0 Å². The molecule has 0 aliphatic rings. The van der Waals surface area contributed by atoms with Crippen molar-refractivity contribution in [1.82, 2.24) is 15.0 Å². The topological polar surface area (TPSA) is 38.7 Å². The Hall–Kier alpha value is -1.73. The first kappa shape index (κ1) is 29.8. The third kappa shape index (κ3) is 7.23. The quantitative estimate of drug-likeness (QED) is 0.221. The molecule has 0 aliphatic carbocycles. The van der Waals surface area contributed by atoms with Crippen LogP contribution in [0.15, 0.2) is 91.4 Å². The third-order valence-electron chi connectivity index (χ3n) is 5.86. The first-order valence-corrected chi connectivity index (χ1v) is 14.0. The van der Waals surface area contributed by atoms with E-state index in [2.05, 4.69) is 102 Å². The number of pyridine rings is 3. The van der Waals surface area contributed by atoms with Crippen LogP contribution in [0.1, 0.15) is 16.7 Å². The fourth-order valence-electron chi connectivity index (χ4n) is 3.86.